The third-order valence-corrected chi connectivity index (χ3v) is 5.51. The summed E-state index contributed by atoms with van der Waals surface area (Å²) in [4.78, 5) is 48.2. The highest BCUT2D eigenvalue weighted by Crippen LogP contribution is 2.38. The molecule has 204 valence electrons. The smallest absolute Gasteiger partial charge is 0.328 e. The molecular formula is C26H30ClN3O8. The Morgan fingerprint density at radius 1 is 1.08 bits per heavy atom. The van der Waals surface area contributed by atoms with Gasteiger partial charge in [-0.15, -0.1) is 0 Å². The van der Waals surface area contributed by atoms with Crippen LogP contribution in [0.4, 0.5) is 11.4 Å². The van der Waals surface area contributed by atoms with Crippen LogP contribution in [0.1, 0.15) is 18.5 Å². The molecular weight excluding hydrogens is 518 g/mol. The van der Waals surface area contributed by atoms with E-state index in [9.17, 15) is 19.2 Å². The van der Waals surface area contributed by atoms with Crippen molar-refractivity contribution in [3.05, 3.63) is 65.2 Å². The van der Waals surface area contributed by atoms with E-state index in [4.69, 9.17) is 31.3 Å². The number of anilines is 2. The van der Waals surface area contributed by atoms with Crippen LogP contribution in [0.5, 0.6) is 5.75 Å². The van der Waals surface area contributed by atoms with E-state index in [2.05, 4.69) is 5.32 Å². The molecule has 1 aliphatic rings. The van der Waals surface area contributed by atoms with Crippen molar-refractivity contribution in [2.45, 2.75) is 19.1 Å². The number of nitrogens with one attached hydrogen (secondary N) is 1. The van der Waals surface area contributed by atoms with Crippen LogP contribution in [0.15, 0.2) is 54.6 Å². The molecule has 38 heavy (non-hydrogen) atoms. The molecule has 0 fully saturated rings. The second kappa shape index (κ2) is 14.0. The molecule has 0 saturated carbocycles. The average Bonchev–Trinajstić information content (AvgIpc) is 2.96. The maximum Gasteiger partial charge on any atom is 0.328 e. The topological polar surface area (TPSA) is 146 Å². The first kappa shape index (κ1) is 30.1. The van der Waals surface area contributed by atoms with Crippen molar-refractivity contribution >= 4 is 46.8 Å². The molecule has 1 aliphatic heterocycles. The summed E-state index contributed by atoms with van der Waals surface area (Å²) in [5.41, 5.74) is 2.18. The second-order valence-electron chi connectivity index (χ2n) is 8.39. The Kier molecular flexibility index (Phi) is 11.1. The molecule has 11 nitrogen and oxygen atoms in total. The van der Waals surface area contributed by atoms with Crippen molar-refractivity contribution in [3.8, 4) is 5.75 Å². The first-order valence-corrected chi connectivity index (χ1v) is 11.8. The highest BCUT2D eigenvalue weighted by molar-refractivity contribution is 6.31. The van der Waals surface area contributed by atoms with Gasteiger partial charge in [0.2, 0.25) is 6.10 Å². The largest absolute Gasteiger partial charge is 0.497 e. The third-order valence-electron chi connectivity index (χ3n) is 5.28. The van der Waals surface area contributed by atoms with Crippen LogP contribution in [-0.4, -0.2) is 79.3 Å². The Morgan fingerprint density at radius 3 is 2.18 bits per heavy atom. The molecule has 1 amide bonds. The molecule has 3 rings (SSSR count). The molecule has 2 aromatic carbocycles. The first-order valence-electron chi connectivity index (χ1n) is 11.4. The van der Waals surface area contributed by atoms with Gasteiger partial charge in [0, 0.05) is 37.2 Å². The van der Waals surface area contributed by atoms with E-state index < -0.39 is 30.1 Å². The van der Waals surface area contributed by atoms with Gasteiger partial charge < -0.3 is 34.8 Å². The van der Waals surface area contributed by atoms with Crippen molar-refractivity contribution in [2.75, 3.05) is 44.5 Å². The van der Waals surface area contributed by atoms with Gasteiger partial charge in [0.15, 0.2) is 0 Å². The highest BCUT2D eigenvalue weighted by atomic mass is 35.5. The van der Waals surface area contributed by atoms with Gasteiger partial charge in [0.1, 0.15) is 5.75 Å². The minimum atomic E-state index is -1.26. The number of amides is 1. The second-order valence-corrected chi connectivity index (χ2v) is 8.83. The summed E-state index contributed by atoms with van der Waals surface area (Å²) in [5.74, 6) is -2.63. The molecule has 0 spiro atoms. The number of hydrogen-bond acceptors (Lipinski definition) is 8. The maximum atomic E-state index is 13.6. The number of carboxylic acids is 2. The number of ether oxygens (including phenoxy) is 2. The van der Waals surface area contributed by atoms with Crippen molar-refractivity contribution < 1.29 is 38.9 Å². The van der Waals surface area contributed by atoms with Crippen LogP contribution in [0.2, 0.25) is 5.02 Å². The number of carboxylic acid groups (broad SMARTS) is 2. The monoisotopic (exact) mass is 547 g/mol. The Labute approximate surface area is 225 Å². The Morgan fingerprint density at radius 2 is 1.68 bits per heavy atom. The van der Waals surface area contributed by atoms with E-state index in [0.29, 0.717) is 47.4 Å². The molecule has 12 heteroatoms. The average molecular weight is 548 g/mol. The number of nitrogens with zero attached hydrogens (tertiary/aromatic N) is 2. The van der Waals surface area contributed by atoms with Gasteiger partial charge in [0.05, 0.1) is 24.5 Å². The van der Waals surface area contributed by atoms with Crippen molar-refractivity contribution in [3.63, 3.8) is 0 Å². The van der Waals surface area contributed by atoms with Crippen molar-refractivity contribution in [2.24, 2.45) is 0 Å². The number of esters is 1. The number of hydrogen-bond donors (Lipinski definition) is 3. The number of benzene rings is 2. The van der Waals surface area contributed by atoms with Gasteiger partial charge in [-0.1, -0.05) is 23.7 Å². The summed E-state index contributed by atoms with van der Waals surface area (Å²) >= 11 is 6.24. The van der Waals surface area contributed by atoms with Crippen LogP contribution in [0, 0.1) is 0 Å². The number of halogens is 1. The van der Waals surface area contributed by atoms with Crippen molar-refractivity contribution in [1.82, 2.24) is 4.90 Å². The minimum absolute atomic E-state index is 0.290. The standard InChI is InChI=1S/C22H26ClN3O4.C4H4O4/c1-14(27)30-21-20(15-5-8-17(29-4)9-6-15)24-18-13-16(23)7-10-19(18)26(22(21)28)12-11-25(2)3;5-3(6)1-2-4(7)8/h5-10,13,20-21,24H,11-12H2,1-4H3;1-2H,(H,5,6)(H,7,8)/t20-,21-;/m0./s1. The minimum Gasteiger partial charge on any atom is -0.497 e. The zero-order valence-electron chi connectivity index (χ0n) is 21.4. The Hall–Kier alpha value is -4.09. The maximum absolute atomic E-state index is 13.6. The number of rotatable bonds is 8. The van der Waals surface area contributed by atoms with Crippen LogP contribution in [0.3, 0.4) is 0 Å². The van der Waals surface area contributed by atoms with E-state index in [1.165, 1.54) is 6.92 Å². The molecule has 0 aliphatic carbocycles. The number of aliphatic carboxylic acids is 2. The summed E-state index contributed by atoms with van der Waals surface area (Å²) < 4.78 is 10.8. The van der Waals surface area contributed by atoms with E-state index in [1.807, 2.05) is 31.1 Å². The summed E-state index contributed by atoms with van der Waals surface area (Å²) in [6, 6.07) is 12.0. The van der Waals surface area contributed by atoms with Gasteiger partial charge in [-0.2, -0.15) is 0 Å². The number of methoxy groups -OCH3 is 1. The number of carbonyl (C=O) groups is 4. The predicted molar refractivity (Wildman–Crippen MR) is 142 cm³/mol. The zero-order valence-corrected chi connectivity index (χ0v) is 22.1. The highest BCUT2D eigenvalue weighted by Gasteiger charge is 2.40. The number of fused-ring (bicyclic) bond motifs is 1. The lowest BCUT2D eigenvalue weighted by atomic mass is 10.00. The van der Waals surface area contributed by atoms with E-state index in [-0.39, 0.29) is 5.91 Å². The molecule has 0 bridgehead atoms. The first-order chi connectivity index (χ1) is 17.9. The van der Waals surface area contributed by atoms with Crippen LogP contribution in [-0.2, 0) is 23.9 Å². The number of likely N-dealkylation sites (N-methyl/N-ethyl adjacent to an activating group) is 1. The molecule has 0 unspecified atom stereocenters. The summed E-state index contributed by atoms with van der Waals surface area (Å²) in [6.07, 6.45) is 0.0780. The lowest BCUT2D eigenvalue weighted by Crippen LogP contribution is -2.46. The Bertz CT molecular complexity index is 1170. The third kappa shape index (κ3) is 8.79. The van der Waals surface area contributed by atoms with Gasteiger partial charge >= 0.3 is 17.9 Å². The van der Waals surface area contributed by atoms with Gasteiger partial charge in [0.25, 0.3) is 5.91 Å². The van der Waals surface area contributed by atoms with Crippen LogP contribution < -0.4 is 15.0 Å². The summed E-state index contributed by atoms with van der Waals surface area (Å²) in [6.45, 7) is 2.39. The van der Waals surface area contributed by atoms with E-state index >= 15 is 0 Å². The van der Waals surface area contributed by atoms with Gasteiger partial charge in [-0.05, 0) is 50.0 Å². The molecule has 2 aromatic rings. The fourth-order valence-electron chi connectivity index (χ4n) is 3.56. The summed E-state index contributed by atoms with van der Waals surface area (Å²) in [7, 11) is 5.46. The van der Waals surface area contributed by atoms with E-state index in [0.717, 1.165) is 5.56 Å². The fraction of sp³-hybridized carbons (Fsp3) is 0.308. The van der Waals surface area contributed by atoms with Crippen molar-refractivity contribution in [1.29, 1.82) is 0 Å². The predicted octanol–water partition coefficient (Wildman–Crippen LogP) is 3.05. The van der Waals surface area contributed by atoms with Crippen LogP contribution in [0.25, 0.3) is 0 Å². The van der Waals surface area contributed by atoms with E-state index in [1.54, 1.807) is 42.3 Å². The fourth-order valence-corrected chi connectivity index (χ4v) is 3.73. The van der Waals surface area contributed by atoms with Crippen LogP contribution >= 0.6 is 11.6 Å². The zero-order chi connectivity index (χ0) is 28.4. The SMILES string of the molecule is COc1ccc([C@@H]2Nc3cc(Cl)ccc3N(CCN(C)C)C(=O)[C@H]2OC(C)=O)cc1.O=C(O)C=CC(=O)O. The molecule has 0 aromatic heterocycles. The quantitative estimate of drug-likeness (QED) is 0.333. The molecule has 2 atom stereocenters. The molecule has 0 radical (unpaired) electrons. The lowest BCUT2D eigenvalue weighted by molar-refractivity contribution is -0.153. The Balaban J connectivity index is 0.000000550. The normalized spacial score (nSPS) is 16.6. The molecule has 1 heterocycles. The lowest BCUT2D eigenvalue weighted by Gasteiger charge is -2.28. The molecule has 0 saturated heterocycles. The van der Waals surface area contributed by atoms with Gasteiger partial charge in [-0.3, -0.25) is 9.59 Å². The number of carbonyl (C=O) groups excluding carboxylic acids is 2. The van der Waals surface area contributed by atoms with Gasteiger partial charge in [-0.25, -0.2) is 9.59 Å². The molecule has 3 N–H and O–H groups in total. The summed E-state index contributed by atoms with van der Waals surface area (Å²) in [5, 5.41) is 19.5.